The third-order valence-electron chi connectivity index (χ3n) is 3.22. The Hall–Kier alpha value is 0.1000. The van der Waals surface area contributed by atoms with Crippen molar-refractivity contribution in [2.75, 3.05) is 6.61 Å². The molecule has 0 amide bonds. The van der Waals surface area contributed by atoms with Crippen LogP contribution < -0.4 is 5.73 Å². The second-order valence-corrected chi connectivity index (χ2v) is 6.31. The van der Waals surface area contributed by atoms with E-state index in [1.165, 1.54) is 5.56 Å². The number of nitrogens with two attached hydrogens (primary N) is 1. The number of rotatable bonds is 3. The van der Waals surface area contributed by atoms with Crippen molar-refractivity contribution in [2.45, 2.75) is 38.3 Å². The van der Waals surface area contributed by atoms with Gasteiger partial charge < -0.3 is 10.5 Å². The van der Waals surface area contributed by atoms with Crippen LogP contribution in [0.3, 0.4) is 0 Å². The largest absolute Gasteiger partial charge is 0.378 e. The summed E-state index contributed by atoms with van der Waals surface area (Å²) in [6.45, 7) is 2.96. The van der Waals surface area contributed by atoms with E-state index in [4.69, 9.17) is 10.5 Å². The van der Waals surface area contributed by atoms with E-state index >= 15 is 0 Å². The quantitative estimate of drug-likeness (QED) is 0.878. The van der Waals surface area contributed by atoms with Gasteiger partial charge in [0.15, 0.2) is 0 Å². The standard InChI is InChI=1S/C13H17Br2NO/c1-8-5-12(15)10(7-11(8)14)13(16)6-9-3-2-4-17-9/h5,7,9,13H,2-4,6,16H2,1H3. The third kappa shape index (κ3) is 3.31. The maximum Gasteiger partial charge on any atom is 0.0594 e. The molecule has 0 aliphatic carbocycles. The van der Waals surface area contributed by atoms with Crippen LogP contribution >= 0.6 is 31.9 Å². The molecule has 94 valence electrons. The Bertz CT molecular complexity index is 403. The summed E-state index contributed by atoms with van der Waals surface area (Å²) >= 11 is 7.14. The van der Waals surface area contributed by atoms with E-state index in [1.807, 2.05) is 0 Å². The molecular formula is C13H17Br2NO. The summed E-state index contributed by atoms with van der Waals surface area (Å²) in [5, 5.41) is 0. The van der Waals surface area contributed by atoms with E-state index in [0.717, 1.165) is 40.4 Å². The van der Waals surface area contributed by atoms with E-state index < -0.39 is 0 Å². The smallest absolute Gasteiger partial charge is 0.0594 e. The molecule has 1 aromatic carbocycles. The molecule has 2 rings (SSSR count). The first-order valence-electron chi connectivity index (χ1n) is 5.90. The van der Waals surface area contributed by atoms with Crippen LogP contribution in [0, 0.1) is 6.92 Å². The van der Waals surface area contributed by atoms with Crippen LogP contribution in [0.25, 0.3) is 0 Å². The Kier molecular flexibility index (Phi) is 4.64. The zero-order valence-electron chi connectivity index (χ0n) is 9.88. The Labute approximate surface area is 119 Å². The van der Waals surface area contributed by atoms with Gasteiger partial charge >= 0.3 is 0 Å². The monoisotopic (exact) mass is 361 g/mol. The van der Waals surface area contributed by atoms with Gasteiger partial charge in [-0.3, -0.25) is 0 Å². The average Bonchev–Trinajstić information content (AvgIpc) is 2.76. The summed E-state index contributed by atoms with van der Waals surface area (Å²) < 4.78 is 7.83. The molecule has 2 atom stereocenters. The summed E-state index contributed by atoms with van der Waals surface area (Å²) in [6, 6.07) is 4.25. The van der Waals surface area contributed by atoms with Gasteiger partial charge in [0.25, 0.3) is 0 Å². The molecular weight excluding hydrogens is 346 g/mol. The molecule has 0 radical (unpaired) electrons. The number of benzene rings is 1. The molecule has 2 unspecified atom stereocenters. The second-order valence-electron chi connectivity index (χ2n) is 4.60. The molecule has 2 N–H and O–H groups in total. The van der Waals surface area contributed by atoms with E-state index in [9.17, 15) is 0 Å². The zero-order chi connectivity index (χ0) is 12.4. The lowest BCUT2D eigenvalue weighted by molar-refractivity contribution is 0.0983. The maximum atomic E-state index is 6.26. The molecule has 4 heteroatoms. The Balaban J connectivity index is 2.12. The highest BCUT2D eigenvalue weighted by Crippen LogP contribution is 2.32. The average molecular weight is 363 g/mol. The molecule has 2 nitrogen and oxygen atoms in total. The summed E-state index contributed by atoms with van der Waals surface area (Å²) in [5.74, 6) is 0. The molecule has 1 aliphatic rings. The van der Waals surface area contributed by atoms with Gasteiger partial charge in [-0.1, -0.05) is 31.9 Å². The predicted octanol–water partition coefficient (Wildman–Crippen LogP) is 4.09. The van der Waals surface area contributed by atoms with E-state index in [-0.39, 0.29) is 6.04 Å². The van der Waals surface area contributed by atoms with Gasteiger partial charge in [-0.25, -0.2) is 0 Å². The van der Waals surface area contributed by atoms with Gasteiger partial charge in [0.1, 0.15) is 0 Å². The summed E-state index contributed by atoms with van der Waals surface area (Å²) in [5.41, 5.74) is 8.63. The minimum Gasteiger partial charge on any atom is -0.378 e. The molecule has 17 heavy (non-hydrogen) atoms. The van der Waals surface area contributed by atoms with Crippen molar-refractivity contribution < 1.29 is 4.74 Å². The maximum absolute atomic E-state index is 6.26. The molecule has 1 aromatic rings. The number of halogens is 2. The van der Waals surface area contributed by atoms with E-state index in [1.54, 1.807) is 0 Å². The summed E-state index contributed by atoms with van der Waals surface area (Å²) in [4.78, 5) is 0. The SMILES string of the molecule is Cc1cc(Br)c(C(N)CC2CCCO2)cc1Br. The molecule has 1 fully saturated rings. The molecule has 0 aromatic heterocycles. The van der Waals surface area contributed by atoms with Crippen LogP contribution in [0.5, 0.6) is 0 Å². The molecule has 0 spiro atoms. The summed E-state index contributed by atoms with van der Waals surface area (Å²) in [6.07, 6.45) is 3.53. The van der Waals surface area contributed by atoms with Crippen molar-refractivity contribution in [3.63, 3.8) is 0 Å². The van der Waals surface area contributed by atoms with Crippen LogP contribution in [-0.2, 0) is 4.74 Å². The zero-order valence-corrected chi connectivity index (χ0v) is 13.1. The van der Waals surface area contributed by atoms with Gasteiger partial charge in [-0.05, 0) is 49.4 Å². The topological polar surface area (TPSA) is 35.2 Å². The predicted molar refractivity (Wildman–Crippen MR) is 77.1 cm³/mol. The van der Waals surface area contributed by atoms with Gasteiger partial charge in [0.05, 0.1) is 6.10 Å². The lowest BCUT2D eigenvalue weighted by atomic mass is 9.99. The number of aryl methyl sites for hydroxylation is 1. The van der Waals surface area contributed by atoms with Crippen LogP contribution in [0.15, 0.2) is 21.1 Å². The van der Waals surface area contributed by atoms with Crippen molar-refractivity contribution in [1.82, 2.24) is 0 Å². The first-order chi connectivity index (χ1) is 8.08. The number of hydrogen-bond acceptors (Lipinski definition) is 2. The fourth-order valence-corrected chi connectivity index (χ4v) is 3.30. The van der Waals surface area contributed by atoms with Crippen molar-refractivity contribution in [2.24, 2.45) is 5.73 Å². The summed E-state index contributed by atoms with van der Waals surface area (Å²) in [7, 11) is 0. The Morgan fingerprint density at radius 3 is 2.82 bits per heavy atom. The minimum atomic E-state index is 0.0318. The number of hydrogen-bond donors (Lipinski definition) is 1. The van der Waals surface area contributed by atoms with Gasteiger partial charge in [-0.15, -0.1) is 0 Å². The highest BCUT2D eigenvalue weighted by molar-refractivity contribution is 9.11. The lowest BCUT2D eigenvalue weighted by Crippen LogP contribution is -2.18. The van der Waals surface area contributed by atoms with E-state index in [2.05, 4.69) is 50.9 Å². The lowest BCUT2D eigenvalue weighted by Gasteiger charge is -2.18. The van der Waals surface area contributed by atoms with Crippen LogP contribution in [-0.4, -0.2) is 12.7 Å². The highest BCUT2D eigenvalue weighted by Gasteiger charge is 2.21. The van der Waals surface area contributed by atoms with Crippen molar-refractivity contribution in [3.8, 4) is 0 Å². The van der Waals surface area contributed by atoms with Crippen molar-refractivity contribution in [3.05, 3.63) is 32.2 Å². The van der Waals surface area contributed by atoms with Crippen molar-refractivity contribution in [1.29, 1.82) is 0 Å². The highest BCUT2D eigenvalue weighted by atomic mass is 79.9. The van der Waals surface area contributed by atoms with Crippen LogP contribution in [0.1, 0.15) is 36.4 Å². The second kappa shape index (κ2) is 5.83. The Morgan fingerprint density at radius 2 is 2.18 bits per heavy atom. The molecule has 1 aliphatic heterocycles. The first-order valence-corrected chi connectivity index (χ1v) is 7.49. The minimum absolute atomic E-state index is 0.0318. The van der Waals surface area contributed by atoms with Gasteiger partial charge in [0, 0.05) is 21.6 Å². The first kappa shape index (κ1) is 13.5. The molecule has 0 saturated carbocycles. The van der Waals surface area contributed by atoms with Gasteiger partial charge in [-0.2, -0.15) is 0 Å². The molecule has 1 saturated heterocycles. The van der Waals surface area contributed by atoms with E-state index in [0.29, 0.717) is 6.10 Å². The van der Waals surface area contributed by atoms with Crippen molar-refractivity contribution >= 4 is 31.9 Å². The molecule has 1 heterocycles. The molecule has 0 bridgehead atoms. The van der Waals surface area contributed by atoms with Crippen LogP contribution in [0.4, 0.5) is 0 Å². The fraction of sp³-hybridized carbons (Fsp3) is 0.538. The Morgan fingerprint density at radius 1 is 1.41 bits per heavy atom. The van der Waals surface area contributed by atoms with Gasteiger partial charge in [0.2, 0.25) is 0 Å². The fourth-order valence-electron chi connectivity index (χ4n) is 2.19. The third-order valence-corrected chi connectivity index (χ3v) is 4.76. The number of ether oxygens (including phenoxy) is 1. The normalized spacial score (nSPS) is 21.8. The van der Waals surface area contributed by atoms with Crippen LogP contribution in [0.2, 0.25) is 0 Å².